The van der Waals surface area contributed by atoms with Gasteiger partial charge in [0, 0.05) is 25.2 Å². The maximum absolute atomic E-state index is 13.0. The lowest BCUT2D eigenvalue weighted by Gasteiger charge is -2.23. The Kier molecular flexibility index (Phi) is 4.32. The molecule has 3 amide bonds. The smallest absolute Gasteiger partial charge is 0.325 e. The molecule has 1 atom stereocenters. The van der Waals surface area contributed by atoms with Gasteiger partial charge in [0.05, 0.1) is 6.20 Å². The van der Waals surface area contributed by atoms with Gasteiger partial charge in [-0.3, -0.25) is 14.4 Å². The highest BCUT2D eigenvalue weighted by molar-refractivity contribution is 6.07. The molecule has 3 heterocycles. The van der Waals surface area contributed by atoms with Gasteiger partial charge >= 0.3 is 6.03 Å². The summed E-state index contributed by atoms with van der Waals surface area (Å²) in [5.74, 6) is 0.875. The maximum atomic E-state index is 13.0. The molecule has 0 aliphatic carbocycles. The van der Waals surface area contributed by atoms with Crippen LogP contribution in [0, 0.1) is 5.92 Å². The predicted molar refractivity (Wildman–Crippen MR) is 87.1 cm³/mol. The SMILES string of the molecule is CC[C@@]1(c2cnn(C)c2)NC(=O)N(Cc2nc(CC(C)C)no2)C1=O. The highest BCUT2D eigenvalue weighted by Gasteiger charge is 2.52. The number of hydrogen-bond acceptors (Lipinski definition) is 6. The van der Waals surface area contributed by atoms with Gasteiger partial charge in [-0.25, -0.2) is 4.79 Å². The lowest BCUT2D eigenvalue weighted by atomic mass is 9.89. The Morgan fingerprint density at radius 1 is 1.36 bits per heavy atom. The van der Waals surface area contributed by atoms with Crippen molar-refractivity contribution in [3.8, 4) is 0 Å². The first-order valence-electron chi connectivity index (χ1n) is 8.30. The first-order valence-corrected chi connectivity index (χ1v) is 8.30. The topological polar surface area (TPSA) is 106 Å². The molecule has 0 aromatic carbocycles. The van der Waals surface area contributed by atoms with E-state index < -0.39 is 11.6 Å². The number of nitrogens with one attached hydrogen (secondary N) is 1. The minimum atomic E-state index is -1.11. The molecule has 0 spiro atoms. The molecule has 0 saturated carbocycles. The van der Waals surface area contributed by atoms with Crippen LogP contribution in [0.4, 0.5) is 4.79 Å². The average molecular weight is 346 g/mol. The Hall–Kier alpha value is -2.71. The fourth-order valence-corrected chi connectivity index (χ4v) is 2.99. The van der Waals surface area contributed by atoms with Gasteiger partial charge < -0.3 is 9.84 Å². The molecule has 1 saturated heterocycles. The van der Waals surface area contributed by atoms with Crippen LogP contribution in [0.25, 0.3) is 0 Å². The Bertz CT molecular complexity index is 795. The molecule has 9 heteroatoms. The van der Waals surface area contributed by atoms with E-state index in [2.05, 4.69) is 34.4 Å². The third-order valence-corrected chi connectivity index (χ3v) is 4.30. The normalized spacial score (nSPS) is 20.6. The van der Waals surface area contributed by atoms with E-state index in [-0.39, 0.29) is 18.3 Å². The van der Waals surface area contributed by atoms with Crippen LogP contribution in [0.1, 0.15) is 44.5 Å². The van der Waals surface area contributed by atoms with Crippen molar-refractivity contribution < 1.29 is 14.1 Å². The number of amides is 3. The van der Waals surface area contributed by atoms with Crippen molar-refractivity contribution in [2.24, 2.45) is 13.0 Å². The van der Waals surface area contributed by atoms with Crippen molar-refractivity contribution in [2.45, 2.75) is 45.7 Å². The van der Waals surface area contributed by atoms with Gasteiger partial charge in [-0.15, -0.1) is 0 Å². The van der Waals surface area contributed by atoms with Crippen molar-refractivity contribution in [3.05, 3.63) is 29.7 Å². The number of aromatic nitrogens is 4. The second-order valence-corrected chi connectivity index (χ2v) is 6.69. The number of carbonyl (C=O) groups excluding carboxylic acids is 2. The molecular formula is C16H22N6O3. The van der Waals surface area contributed by atoms with Crippen molar-refractivity contribution in [2.75, 3.05) is 0 Å². The van der Waals surface area contributed by atoms with Crippen molar-refractivity contribution in [1.82, 2.24) is 30.1 Å². The Morgan fingerprint density at radius 2 is 2.12 bits per heavy atom. The minimum absolute atomic E-state index is 0.0439. The Balaban J connectivity index is 1.82. The molecule has 0 radical (unpaired) electrons. The summed E-state index contributed by atoms with van der Waals surface area (Å²) in [6.07, 6.45) is 4.43. The first kappa shape index (κ1) is 17.1. The van der Waals surface area contributed by atoms with E-state index >= 15 is 0 Å². The summed E-state index contributed by atoms with van der Waals surface area (Å²) in [6.45, 7) is 5.91. The van der Waals surface area contributed by atoms with Crippen LogP contribution in [0.2, 0.25) is 0 Å². The van der Waals surface area contributed by atoms with Gasteiger partial charge in [-0.05, 0) is 12.3 Å². The van der Waals surface area contributed by atoms with Crippen LogP contribution in [0.3, 0.4) is 0 Å². The lowest BCUT2D eigenvalue weighted by Crippen LogP contribution is -2.43. The number of aryl methyl sites for hydroxylation is 1. The highest BCUT2D eigenvalue weighted by Crippen LogP contribution is 2.32. The van der Waals surface area contributed by atoms with E-state index in [1.54, 1.807) is 24.1 Å². The third-order valence-electron chi connectivity index (χ3n) is 4.30. The Morgan fingerprint density at radius 3 is 2.72 bits per heavy atom. The summed E-state index contributed by atoms with van der Waals surface area (Å²) in [6, 6.07) is -0.473. The molecule has 1 N–H and O–H groups in total. The van der Waals surface area contributed by atoms with E-state index in [0.29, 0.717) is 30.1 Å². The number of carbonyl (C=O) groups is 2. The zero-order chi connectivity index (χ0) is 18.2. The minimum Gasteiger partial charge on any atom is -0.337 e. The standard InChI is InChI=1S/C16H22N6O3/c1-5-16(11-7-17-21(4)8-11)14(23)22(15(24)19-16)9-13-18-12(20-25-13)6-10(2)3/h7-8,10H,5-6,9H2,1-4H3,(H,19,24)/t16-/m0/s1. The summed E-state index contributed by atoms with van der Waals surface area (Å²) in [7, 11) is 1.76. The van der Waals surface area contributed by atoms with E-state index in [1.807, 2.05) is 6.92 Å². The number of nitrogens with zero attached hydrogens (tertiary/aromatic N) is 5. The fourth-order valence-electron chi connectivity index (χ4n) is 2.99. The number of rotatable bonds is 6. The molecule has 0 unspecified atom stereocenters. The molecule has 25 heavy (non-hydrogen) atoms. The van der Waals surface area contributed by atoms with Crippen LogP contribution in [0.5, 0.6) is 0 Å². The third kappa shape index (κ3) is 3.01. The van der Waals surface area contributed by atoms with E-state index in [1.165, 1.54) is 0 Å². The van der Waals surface area contributed by atoms with Gasteiger partial charge in [0.25, 0.3) is 5.91 Å². The van der Waals surface area contributed by atoms with Gasteiger partial charge in [-0.1, -0.05) is 25.9 Å². The second kappa shape index (κ2) is 6.30. The monoisotopic (exact) mass is 346 g/mol. The summed E-state index contributed by atoms with van der Waals surface area (Å²) in [5, 5.41) is 10.8. The van der Waals surface area contributed by atoms with Crippen LogP contribution in [-0.2, 0) is 30.3 Å². The van der Waals surface area contributed by atoms with Gasteiger partial charge in [-0.2, -0.15) is 10.1 Å². The maximum Gasteiger partial charge on any atom is 0.325 e. The molecule has 134 valence electrons. The Labute approximate surface area is 145 Å². The fraction of sp³-hybridized carbons (Fsp3) is 0.562. The molecule has 1 fully saturated rings. The zero-order valence-corrected chi connectivity index (χ0v) is 14.8. The zero-order valence-electron chi connectivity index (χ0n) is 14.8. The molecule has 9 nitrogen and oxygen atoms in total. The summed E-state index contributed by atoms with van der Waals surface area (Å²) >= 11 is 0. The quantitative estimate of drug-likeness (QED) is 0.792. The van der Waals surface area contributed by atoms with Gasteiger partial charge in [0.2, 0.25) is 5.89 Å². The van der Waals surface area contributed by atoms with E-state index in [4.69, 9.17) is 4.52 Å². The molecule has 1 aliphatic rings. The largest absolute Gasteiger partial charge is 0.337 e. The van der Waals surface area contributed by atoms with Crippen molar-refractivity contribution in [3.63, 3.8) is 0 Å². The molecule has 0 bridgehead atoms. The van der Waals surface area contributed by atoms with Gasteiger partial charge in [0.15, 0.2) is 5.82 Å². The van der Waals surface area contributed by atoms with Crippen LogP contribution >= 0.6 is 0 Å². The van der Waals surface area contributed by atoms with Crippen LogP contribution in [0.15, 0.2) is 16.9 Å². The van der Waals surface area contributed by atoms with Crippen molar-refractivity contribution in [1.29, 1.82) is 0 Å². The van der Waals surface area contributed by atoms with E-state index in [0.717, 1.165) is 4.90 Å². The number of hydrogen-bond donors (Lipinski definition) is 1. The second-order valence-electron chi connectivity index (χ2n) is 6.69. The summed E-state index contributed by atoms with van der Waals surface area (Å²) in [4.78, 5) is 30.8. The highest BCUT2D eigenvalue weighted by atomic mass is 16.5. The molecule has 3 rings (SSSR count). The lowest BCUT2D eigenvalue weighted by molar-refractivity contribution is -0.132. The van der Waals surface area contributed by atoms with Crippen LogP contribution < -0.4 is 5.32 Å². The summed E-state index contributed by atoms with van der Waals surface area (Å²) in [5.41, 5.74) is -0.448. The average Bonchev–Trinajstić information content (AvgIpc) is 3.23. The summed E-state index contributed by atoms with van der Waals surface area (Å²) < 4.78 is 6.79. The van der Waals surface area contributed by atoms with E-state index in [9.17, 15) is 9.59 Å². The molecule has 2 aromatic heterocycles. The number of imide groups is 1. The molecule has 2 aromatic rings. The van der Waals surface area contributed by atoms with Crippen molar-refractivity contribution >= 4 is 11.9 Å². The molecule has 1 aliphatic heterocycles. The van der Waals surface area contributed by atoms with Gasteiger partial charge in [0.1, 0.15) is 12.1 Å². The number of urea groups is 1. The molecular weight excluding hydrogens is 324 g/mol. The first-order chi connectivity index (χ1) is 11.9. The van der Waals surface area contributed by atoms with Crippen LogP contribution in [-0.4, -0.2) is 36.8 Å². The predicted octanol–water partition coefficient (Wildman–Crippen LogP) is 1.36.